The molecule has 5 heteroatoms. The molecule has 1 aromatic heterocycles. The Morgan fingerprint density at radius 2 is 1.72 bits per heavy atom. The Kier molecular flexibility index (Phi) is 6.58. The first-order valence-electron chi connectivity index (χ1n) is 11.7. The molecule has 168 valence electrons. The van der Waals surface area contributed by atoms with Crippen molar-refractivity contribution in [2.45, 2.75) is 51.6 Å². The molecule has 1 heterocycles. The maximum absolute atomic E-state index is 13.8. The van der Waals surface area contributed by atoms with E-state index in [2.05, 4.69) is 12.2 Å². The summed E-state index contributed by atoms with van der Waals surface area (Å²) in [5.74, 6) is 0.395. The molecular weight excluding hydrogens is 398 g/mol. The summed E-state index contributed by atoms with van der Waals surface area (Å²) in [7, 11) is 3.21. The fourth-order valence-corrected chi connectivity index (χ4v) is 4.91. The molecule has 32 heavy (non-hydrogen) atoms. The van der Waals surface area contributed by atoms with Gasteiger partial charge in [0, 0.05) is 22.6 Å². The van der Waals surface area contributed by atoms with Gasteiger partial charge in [-0.25, -0.2) is 4.98 Å². The Morgan fingerprint density at radius 1 is 1.06 bits per heavy atom. The number of benzene rings is 2. The highest BCUT2D eigenvalue weighted by atomic mass is 16.5. The van der Waals surface area contributed by atoms with E-state index in [1.807, 2.05) is 54.6 Å². The van der Waals surface area contributed by atoms with Gasteiger partial charge in [-0.15, -0.1) is 0 Å². The number of amides is 1. The molecule has 1 unspecified atom stereocenters. The van der Waals surface area contributed by atoms with E-state index in [4.69, 9.17) is 4.98 Å². The van der Waals surface area contributed by atoms with Gasteiger partial charge in [-0.2, -0.15) is 0 Å². The molecule has 1 N–H and O–H groups in total. The Labute approximate surface area is 190 Å². The highest BCUT2D eigenvalue weighted by Crippen LogP contribution is 2.33. The number of carbonyl (C=O) groups is 1. The van der Waals surface area contributed by atoms with Gasteiger partial charge in [-0.3, -0.25) is 4.79 Å². The normalized spacial score (nSPS) is 16.1. The number of nitrogens with zero attached hydrogens (tertiary/aromatic N) is 2. The largest absolute Gasteiger partial charge is 0.633 e. The summed E-state index contributed by atoms with van der Waals surface area (Å²) in [5.41, 5.74) is 3.68. The second kappa shape index (κ2) is 9.39. The van der Waals surface area contributed by atoms with Gasteiger partial charge in [0.15, 0.2) is 0 Å². The van der Waals surface area contributed by atoms with E-state index in [9.17, 15) is 10.0 Å². The Bertz CT molecular complexity index is 1080. The van der Waals surface area contributed by atoms with Gasteiger partial charge in [-0.05, 0) is 31.7 Å². The minimum atomic E-state index is -0.529. The molecule has 1 aliphatic carbocycles. The van der Waals surface area contributed by atoms with Crippen LogP contribution in [0, 0.1) is 11.1 Å². The molecule has 1 amide bonds. The van der Waals surface area contributed by atoms with Gasteiger partial charge in [0.25, 0.3) is 5.91 Å². The van der Waals surface area contributed by atoms with E-state index in [1.165, 1.54) is 19.3 Å². The monoisotopic (exact) mass is 431 g/mol. The predicted octanol–water partition coefficient (Wildman–Crippen LogP) is 5.67. The van der Waals surface area contributed by atoms with E-state index < -0.39 is 4.65 Å². The molecule has 0 saturated heterocycles. The van der Waals surface area contributed by atoms with Crippen LogP contribution in [0.5, 0.6) is 0 Å². The predicted molar refractivity (Wildman–Crippen MR) is 130 cm³/mol. The second-order valence-electron chi connectivity index (χ2n) is 9.59. The van der Waals surface area contributed by atoms with Crippen molar-refractivity contribution in [3.63, 3.8) is 0 Å². The summed E-state index contributed by atoms with van der Waals surface area (Å²) < 4.78 is -0.529. The van der Waals surface area contributed by atoms with Crippen molar-refractivity contribution in [3.8, 4) is 11.3 Å². The van der Waals surface area contributed by atoms with E-state index >= 15 is 0 Å². The number of rotatable bonds is 6. The van der Waals surface area contributed by atoms with Gasteiger partial charge in [0.05, 0.1) is 30.9 Å². The minimum Gasteiger partial charge on any atom is -0.633 e. The number of hydroxylamine groups is 3. The van der Waals surface area contributed by atoms with Crippen LogP contribution >= 0.6 is 0 Å². The standard InChI is InChI=1S/C27H33N3O2/c1-19(20-12-6-4-7-13-20)28-27(31)25-22-16-10-11-17-24(22)29-26(21-14-8-5-9-15-21)23(25)18-30(2,3)32/h5,8-11,14-17,19-20H,4,6-7,12-13,18H2,1-3H3,(H,28,31). The summed E-state index contributed by atoms with van der Waals surface area (Å²) in [6.45, 7) is 2.28. The molecule has 0 bridgehead atoms. The van der Waals surface area contributed by atoms with Crippen LogP contribution in [0.2, 0.25) is 0 Å². The molecule has 4 rings (SSSR count). The first-order valence-corrected chi connectivity index (χ1v) is 11.7. The zero-order chi connectivity index (χ0) is 22.7. The third-order valence-corrected chi connectivity index (χ3v) is 6.52. The van der Waals surface area contributed by atoms with Crippen molar-refractivity contribution >= 4 is 16.8 Å². The van der Waals surface area contributed by atoms with Crippen molar-refractivity contribution in [2.24, 2.45) is 5.92 Å². The van der Waals surface area contributed by atoms with Crippen LogP contribution in [0.25, 0.3) is 22.2 Å². The van der Waals surface area contributed by atoms with Crippen molar-refractivity contribution < 1.29 is 9.44 Å². The van der Waals surface area contributed by atoms with Crippen molar-refractivity contribution in [3.05, 3.63) is 70.9 Å². The molecule has 1 saturated carbocycles. The summed E-state index contributed by atoms with van der Waals surface area (Å²) in [6.07, 6.45) is 6.06. The van der Waals surface area contributed by atoms with Gasteiger partial charge < -0.3 is 15.2 Å². The maximum Gasteiger partial charge on any atom is 0.252 e. The van der Waals surface area contributed by atoms with E-state index in [-0.39, 0.29) is 18.5 Å². The smallest absolute Gasteiger partial charge is 0.252 e. The average Bonchev–Trinajstić information content (AvgIpc) is 2.78. The number of aromatic nitrogens is 1. The molecule has 5 nitrogen and oxygen atoms in total. The third-order valence-electron chi connectivity index (χ3n) is 6.52. The third kappa shape index (κ3) is 5.00. The van der Waals surface area contributed by atoms with Gasteiger partial charge in [-0.1, -0.05) is 67.8 Å². The quantitative estimate of drug-likeness (QED) is 0.404. The molecule has 3 aromatic rings. The highest BCUT2D eigenvalue weighted by molar-refractivity contribution is 6.09. The van der Waals surface area contributed by atoms with Crippen LogP contribution in [0.3, 0.4) is 0 Å². The number of carbonyl (C=O) groups excluding carboxylic acids is 1. The van der Waals surface area contributed by atoms with E-state index in [1.54, 1.807) is 14.1 Å². The highest BCUT2D eigenvalue weighted by Gasteiger charge is 2.27. The number of nitrogens with one attached hydrogen (secondary N) is 1. The molecule has 0 aliphatic heterocycles. The van der Waals surface area contributed by atoms with Crippen molar-refractivity contribution in [1.82, 2.24) is 10.3 Å². The Morgan fingerprint density at radius 3 is 2.41 bits per heavy atom. The fraction of sp³-hybridized carbons (Fsp3) is 0.407. The van der Waals surface area contributed by atoms with Crippen molar-refractivity contribution in [1.29, 1.82) is 0 Å². The number of quaternary nitrogens is 1. The number of para-hydroxylation sites is 1. The molecule has 0 radical (unpaired) electrons. The Hall–Kier alpha value is -2.76. The van der Waals surface area contributed by atoms with E-state index in [0.29, 0.717) is 22.7 Å². The number of hydrogen-bond acceptors (Lipinski definition) is 3. The van der Waals surface area contributed by atoms with Crippen LogP contribution in [-0.4, -0.2) is 35.7 Å². The van der Waals surface area contributed by atoms with Crippen LogP contribution in [-0.2, 0) is 6.54 Å². The van der Waals surface area contributed by atoms with Gasteiger partial charge in [0.2, 0.25) is 0 Å². The molecule has 0 spiro atoms. The van der Waals surface area contributed by atoms with Crippen LogP contribution in [0.15, 0.2) is 54.6 Å². The van der Waals surface area contributed by atoms with Gasteiger partial charge >= 0.3 is 0 Å². The van der Waals surface area contributed by atoms with Gasteiger partial charge in [0.1, 0.15) is 6.54 Å². The Balaban J connectivity index is 1.85. The molecule has 1 aliphatic rings. The first kappa shape index (κ1) is 22.4. The lowest BCUT2D eigenvalue weighted by atomic mass is 9.84. The lowest BCUT2D eigenvalue weighted by Crippen LogP contribution is -2.40. The number of pyridine rings is 1. The summed E-state index contributed by atoms with van der Waals surface area (Å²) in [4.78, 5) is 18.7. The second-order valence-corrected chi connectivity index (χ2v) is 9.59. The minimum absolute atomic E-state index is 0.0949. The summed E-state index contributed by atoms with van der Waals surface area (Å²) in [6, 6.07) is 17.7. The molecule has 1 fully saturated rings. The first-order chi connectivity index (χ1) is 15.3. The topological polar surface area (TPSA) is 65.0 Å². The maximum atomic E-state index is 13.8. The lowest BCUT2D eigenvalue weighted by Gasteiger charge is -2.35. The van der Waals surface area contributed by atoms with Crippen LogP contribution in [0.1, 0.15) is 54.9 Å². The fourth-order valence-electron chi connectivity index (χ4n) is 4.91. The van der Waals surface area contributed by atoms with Crippen LogP contribution in [0.4, 0.5) is 0 Å². The van der Waals surface area contributed by atoms with Crippen molar-refractivity contribution in [2.75, 3.05) is 14.1 Å². The zero-order valence-electron chi connectivity index (χ0n) is 19.3. The summed E-state index contributed by atoms with van der Waals surface area (Å²) in [5, 5.41) is 16.9. The number of fused-ring (bicyclic) bond motifs is 1. The van der Waals surface area contributed by atoms with Crippen LogP contribution < -0.4 is 5.32 Å². The summed E-state index contributed by atoms with van der Waals surface area (Å²) >= 11 is 0. The number of hydrogen-bond donors (Lipinski definition) is 1. The lowest BCUT2D eigenvalue weighted by molar-refractivity contribution is -0.853. The molecule has 2 aromatic carbocycles. The SMILES string of the molecule is CC(NC(=O)c1c(C[N+](C)(C)[O-])c(-c2ccccc2)nc2ccccc12)C1CCCCC1. The molecular formula is C27H33N3O2. The van der Waals surface area contributed by atoms with E-state index in [0.717, 1.165) is 29.3 Å². The zero-order valence-corrected chi connectivity index (χ0v) is 19.3. The molecule has 1 atom stereocenters. The average molecular weight is 432 g/mol.